The molecule has 19 heavy (non-hydrogen) atoms. The van der Waals surface area contributed by atoms with Crippen molar-refractivity contribution in [1.82, 2.24) is 4.98 Å². The number of hydrogen-bond acceptors (Lipinski definition) is 2. The van der Waals surface area contributed by atoms with Crippen molar-refractivity contribution in [2.75, 3.05) is 0 Å². The molecule has 0 aliphatic heterocycles. The quantitative estimate of drug-likeness (QED) is 0.846. The van der Waals surface area contributed by atoms with Gasteiger partial charge in [-0.15, -0.1) is 0 Å². The Morgan fingerprint density at radius 3 is 2.53 bits per heavy atom. The molecule has 3 nitrogen and oxygen atoms in total. The van der Waals surface area contributed by atoms with E-state index in [9.17, 15) is 9.18 Å². The molecule has 0 radical (unpaired) electrons. The summed E-state index contributed by atoms with van der Waals surface area (Å²) in [4.78, 5) is 15.0. The van der Waals surface area contributed by atoms with Crippen molar-refractivity contribution >= 4 is 29.2 Å². The van der Waals surface area contributed by atoms with E-state index >= 15 is 0 Å². The normalized spacial score (nSPS) is 10.5. The number of carbonyl (C=O) groups is 1. The second kappa shape index (κ2) is 5.15. The third-order valence-corrected chi connectivity index (χ3v) is 3.20. The van der Waals surface area contributed by atoms with E-state index in [4.69, 9.17) is 28.3 Å². The summed E-state index contributed by atoms with van der Waals surface area (Å²) in [5, 5.41) is 9.09. The Balaban J connectivity index is 2.57. The van der Waals surface area contributed by atoms with Gasteiger partial charge in [0.15, 0.2) is 0 Å². The van der Waals surface area contributed by atoms with E-state index in [-0.39, 0.29) is 15.6 Å². The molecule has 1 N–H and O–H groups in total. The fourth-order valence-electron chi connectivity index (χ4n) is 1.66. The molecule has 0 aliphatic rings. The van der Waals surface area contributed by atoms with Crippen LogP contribution < -0.4 is 0 Å². The van der Waals surface area contributed by atoms with E-state index < -0.39 is 11.8 Å². The first-order chi connectivity index (χ1) is 8.90. The van der Waals surface area contributed by atoms with Crippen LogP contribution in [0.3, 0.4) is 0 Å². The molecular formula is C13H8Cl2FNO2. The Morgan fingerprint density at radius 1 is 1.26 bits per heavy atom. The van der Waals surface area contributed by atoms with E-state index in [1.54, 1.807) is 6.92 Å². The minimum absolute atomic E-state index is 0.0763. The smallest absolute Gasteiger partial charge is 0.337 e. The molecule has 0 fully saturated rings. The molecule has 1 aromatic heterocycles. The molecule has 98 valence electrons. The Hall–Kier alpha value is -1.65. The van der Waals surface area contributed by atoms with Gasteiger partial charge in [-0.25, -0.2) is 9.18 Å². The Morgan fingerprint density at radius 2 is 1.95 bits per heavy atom. The van der Waals surface area contributed by atoms with Gasteiger partial charge in [-0.2, -0.15) is 0 Å². The molecule has 0 bridgehead atoms. The summed E-state index contributed by atoms with van der Waals surface area (Å²) in [5.74, 6) is -1.67. The first-order valence-electron chi connectivity index (χ1n) is 5.26. The fraction of sp³-hybridized carbons (Fsp3) is 0.0769. The number of aromatic nitrogens is 1. The van der Waals surface area contributed by atoms with Crippen molar-refractivity contribution in [3.8, 4) is 11.3 Å². The number of pyridine rings is 1. The van der Waals surface area contributed by atoms with Gasteiger partial charge in [0, 0.05) is 5.56 Å². The monoisotopic (exact) mass is 299 g/mol. The average Bonchev–Trinajstić information content (AvgIpc) is 2.33. The third-order valence-electron chi connectivity index (χ3n) is 2.60. The second-order valence-corrected chi connectivity index (χ2v) is 4.70. The molecule has 1 heterocycles. The van der Waals surface area contributed by atoms with Crippen LogP contribution in [-0.4, -0.2) is 16.1 Å². The molecule has 2 rings (SSSR count). The van der Waals surface area contributed by atoms with Gasteiger partial charge in [0.25, 0.3) is 0 Å². The fourth-order valence-corrected chi connectivity index (χ4v) is 2.14. The molecule has 0 amide bonds. The van der Waals surface area contributed by atoms with E-state index in [1.807, 2.05) is 0 Å². The molecule has 0 atom stereocenters. The van der Waals surface area contributed by atoms with Gasteiger partial charge in [-0.05, 0) is 31.2 Å². The van der Waals surface area contributed by atoms with Crippen LogP contribution in [0.15, 0.2) is 24.3 Å². The maximum Gasteiger partial charge on any atom is 0.337 e. The summed E-state index contributed by atoms with van der Waals surface area (Å²) in [6, 6.07) is 5.34. The second-order valence-electron chi connectivity index (χ2n) is 3.88. The van der Waals surface area contributed by atoms with Crippen molar-refractivity contribution in [2.45, 2.75) is 6.92 Å². The number of hydrogen-bond donors (Lipinski definition) is 1. The highest BCUT2D eigenvalue weighted by Gasteiger charge is 2.13. The van der Waals surface area contributed by atoms with Crippen molar-refractivity contribution in [3.05, 3.63) is 51.4 Å². The third kappa shape index (κ3) is 2.69. The molecule has 0 spiro atoms. The standard InChI is InChI=1S/C13H8Cl2FNO2/c1-6-7(13(18)19)2-3-12(17-6)8-4-11(16)10(15)5-9(8)14/h2-5H,1H3,(H,18,19). The zero-order chi connectivity index (χ0) is 14.2. The zero-order valence-corrected chi connectivity index (χ0v) is 11.3. The Bertz CT molecular complexity index is 674. The maximum absolute atomic E-state index is 13.4. The molecular weight excluding hydrogens is 292 g/mol. The zero-order valence-electron chi connectivity index (χ0n) is 9.75. The van der Waals surface area contributed by atoms with Gasteiger partial charge in [0.1, 0.15) is 5.82 Å². The SMILES string of the molecule is Cc1nc(-c2cc(F)c(Cl)cc2Cl)ccc1C(=O)O. The first kappa shape index (κ1) is 13.8. The van der Waals surface area contributed by atoms with Gasteiger partial charge >= 0.3 is 5.97 Å². The summed E-state index contributed by atoms with van der Waals surface area (Å²) >= 11 is 11.6. The predicted molar refractivity (Wildman–Crippen MR) is 71.3 cm³/mol. The number of benzene rings is 1. The van der Waals surface area contributed by atoms with E-state index in [1.165, 1.54) is 24.3 Å². The molecule has 0 unspecified atom stereocenters. The van der Waals surface area contributed by atoms with Gasteiger partial charge in [-0.1, -0.05) is 23.2 Å². The predicted octanol–water partition coefficient (Wildman–Crippen LogP) is 4.20. The van der Waals surface area contributed by atoms with Crippen LogP contribution in [0, 0.1) is 12.7 Å². The largest absolute Gasteiger partial charge is 0.478 e. The number of rotatable bonds is 2. The van der Waals surface area contributed by atoms with Gasteiger partial charge in [-0.3, -0.25) is 4.98 Å². The topological polar surface area (TPSA) is 50.2 Å². The van der Waals surface area contributed by atoms with Crippen molar-refractivity contribution in [1.29, 1.82) is 0 Å². The highest BCUT2D eigenvalue weighted by molar-refractivity contribution is 6.36. The lowest BCUT2D eigenvalue weighted by molar-refractivity contribution is 0.0695. The first-order valence-corrected chi connectivity index (χ1v) is 6.01. The molecule has 1 aromatic carbocycles. The van der Waals surface area contributed by atoms with Crippen LogP contribution in [-0.2, 0) is 0 Å². The number of nitrogens with zero attached hydrogens (tertiary/aromatic N) is 1. The van der Waals surface area contributed by atoms with Gasteiger partial charge in [0.05, 0.1) is 27.0 Å². The number of aromatic carboxylic acids is 1. The minimum Gasteiger partial charge on any atom is -0.478 e. The summed E-state index contributed by atoms with van der Waals surface area (Å²) in [6.45, 7) is 1.56. The summed E-state index contributed by atoms with van der Waals surface area (Å²) < 4.78 is 13.4. The number of carboxylic acid groups (broad SMARTS) is 1. The lowest BCUT2D eigenvalue weighted by Gasteiger charge is -2.07. The number of halogens is 3. The molecule has 2 aromatic rings. The molecule has 0 aliphatic carbocycles. The van der Waals surface area contributed by atoms with E-state index in [0.717, 1.165) is 0 Å². The van der Waals surface area contributed by atoms with Crippen LogP contribution in [0.1, 0.15) is 16.1 Å². The van der Waals surface area contributed by atoms with Crippen LogP contribution in [0.2, 0.25) is 10.0 Å². The minimum atomic E-state index is -1.06. The number of aryl methyl sites for hydroxylation is 1. The Kier molecular flexibility index (Phi) is 3.73. The highest BCUT2D eigenvalue weighted by Crippen LogP contribution is 2.31. The van der Waals surface area contributed by atoms with E-state index in [2.05, 4.69) is 4.98 Å². The van der Waals surface area contributed by atoms with Gasteiger partial charge < -0.3 is 5.11 Å². The lowest BCUT2D eigenvalue weighted by Crippen LogP contribution is -2.02. The van der Waals surface area contributed by atoms with Crippen LogP contribution in [0.25, 0.3) is 11.3 Å². The highest BCUT2D eigenvalue weighted by atomic mass is 35.5. The summed E-state index contributed by atoms with van der Waals surface area (Å²) in [6.07, 6.45) is 0. The van der Waals surface area contributed by atoms with Crippen molar-refractivity contribution in [3.63, 3.8) is 0 Å². The summed E-state index contributed by atoms with van der Waals surface area (Å²) in [5.41, 5.74) is 1.18. The van der Waals surface area contributed by atoms with Crippen LogP contribution >= 0.6 is 23.2 Å². The lowest BCUT2D eigenvalue weighted by atomic mass is 10.1. The molecule has 0 saturated carbocycles. The average molecular weight is 300 g/mol. The van der Waals surface area contributed by atoms with Crippen LogP contribution in [0.5, 0.6) is 0 Å². The molecule has 0 saturated heterocycles. The van der Waals surface area contributed by atoms with Crippen LogP contribution in [0.4, 0.5) is 4.39 Å². The maximum atomic E-state index is 13.4. The number of carboxylic acids is 1. The Labute approximate surface area is 118 Å². The summed E-state index contributed by atoms with van der Waals surface area (Å²) in [7, 11) is 0. The van der Waals surface area contributed by atoms with Crippen molar-refractivity contribution in [2.24, 2.45) is 0 Å². The van der Waals surface area contributed by atoms with Gasteiger partial charge in [0.2, 0.25) is 0 Å². The van der Waals surface area contributed by atoms with Crippen molar-refractivity contribution < 1.29 is 14.3 Å². The van der Waals surface area contributed by atoms with E-state index in [0.29, 0.717) is 17.0 Å². The molecule has 6 heteroatoms.